The molecular weight excluding hydrogens is 417 g/mol. The first kappa shape index (κ1) is 20.5. The molecule has 1 fully saturated rings. The number of ether oxygens (including phenoxy) is 1. The first-order chi connectivity index (χ1) is 11.3. The van der Waals surface area contributed by atoms with Crippen LogP contribution < -0.4 is 4.74 Å². The summed E-state index contributed by atoms with van der Waals surface area (Å²) in [7, 11) is 0. The largest absolute Gasteiger partial charge is 0.573 e. The topological polar surface area (TPSA) is 9.23 Å². The molecule has 1 aromatic rings. The predicted molar refractivity (Wildman–Crippen MR) is 82.3 cm³/mol. The van der Waals surface area contributed by atoms with Gasteiger partial charge < -0.3 is 4.74 Å². The van der Waals surface area contributed by atoms with Crippen molar-refractivity contribution in [2.24, 2.45) is 17.3 Å². The van der Waals surface area contributed by atoms with Crippen molar-refractivity contribution >= 4 is 34.8 Å². The van der Waals surface area contributed by atoms with E-state index in [1.165, 1.54) is 6.08 Å². The first-order valence-corrected chi connectivity index (χ1v) is 8.04. The third-order valence-electron chi connectivity index (χ3n) is 4.40. The van der Waals surface area contributed by atoms with Crippen LogP contribution in [0.5, 0.6) is 5.75 Å². The van der Waals surface area contributed by atoms with Crippen molar-refractivity contribution in [3.63, 3.8) is 0 Å². The van der Waals surface area contributed by atoms with E-state index in [9.17, 15) is 26.3 Å². The lowest BCUT2D eigenvalue weighted by Gasteiger charge is -2.15. The van der Waals surface area contributed by atoms with E-state index in [4.69, 9.17) is 34.8 Å². The van der Waals surface area contributed by atoms with Crippen molar-refractivity contribution in [2.75, 3.05) is 0 Å². The number of hydrogen-bond acceptors (Lipinski definition) is 1. The Balaban J connectivity index is 2.44. The van der Waals surface area contributed by atoms with Crippen LogP contribution in [0.15, 0.2) is 10.6 Å². The fourth-order valence-electron chi connectivity index (χ4n) is 2.91. The summed E-state index contributed by atoms with van der Waals surface area (Å²) in [5.41, 5.74) is -1.25. The highest BCUT2D eigenvalue weighted by molar-refractivity contribution is 6.55. The molecule has 0 bridgehead atoms. The van der Waals surface area contributed by atoms with Gasteiger partial charge >= 0.3 is 6.36 Å². The van der Waals surface area contributed by atoms with Gasteiger partial charge in [-0.05, 0) is 23.7 Å². The second-order valence-electron chi connectivity index (χ2n) is 6.23. The highest BCUT2D eigenvalue weighted by Gasteiger charge is 2.56. The summed E-state index contributed by atoms with van der Waals surface area (Å²) in [5, 5.41) is -1.27. The van der Waals surface area contributed by atoms with Gasteiger partial charge in [0.15, 0.2) is 17.5 Å². The molecule has 0 saturated heterocycles. The smallest absolute Gasteiger partial charge is 0.399 e. The van der Waals surface area contributed by atoms with Crippen molar-refractivity contribution in [3.05, 3.63) is 38.6 Å². The minimum Gasteiger partial charge on any atom is -0.399 e. The average molecular weight is 428 g/mol. The molecule has 1 aliphatic carbocycles. The van der Waals surface area contributed by atoms with Gasteiger partial charge in [-0.25, -0.2) is 13.2 Å². The zero-order chi connectivity index (χ0) is 19.3. The van der Waals surface area contributed by atoms with Crippen molar-refractivity contribution in [1.82, 2.24) is 0 Å². The number of alkyl halides is 3. The van der Waals surface area contributed by atoms with Gasteiger partial charge in [0.05, 0.1) is 0 Å². The summed E-state index contributed by atoms with van der Waals surface area (Å²) >= 11 is 16.5. The average Bonchev–Trinajstić information content (AvgIpc) is 2.96. The number of hydrogen-bond donors (Lipinski definition) is 0. The van der Waals surface area contributed by atoms with Crippen LogP contribution in [0, 0.1) is 34.7 Å². The third kappa shape index (κ3) is 4.14. The fraction of sp³-hybridized carbons (Fsp3) is 0.467. The van der Waals surface area contributed by atoms with E-state index in [1.54, 1.807) is 13.8 Å². The van der Waals surface area contributed by atoms with Gasteiger partial charge in [-0.2, -0.15) is 0 Å². The van der Waals surface area contributed by atoms with Gasteiger partial charge in [-0.1, -0.05) is 54.7 Å². The van der Waals surface area contributed by atoms with Gasteiger partial charge in [0.1, 0.15) is 9.51 Å². The molecule has 0 aliphatic heterocycles. The fourth-order valence-corrected chi connectivity index (χ4v) is 3.38. The van der Waals surface area contributed by atoms with Crippen molar-refractivity contribution in [3.8, 4) is 5.75 Å². The monoisotopic (exact) mass is 426 g/mol. The molecular formula is C15H11Cl3F6O. The summed E-state index contributed by atoms with van der Waals surface area (Å²) in [6.07, 6.45) is -4.22. The van der Waals surface area contributed by atoms with Crippen LogP contribution in [0.2, 0.25) is 5.02 Å². The zero-order valence-electron chi connectivity index (χ0n) is 12.7. The molecule has 2 unspecified atom stereocenters. The number of rotatable bonds is 4. The summed E-state index contributed by atoms with van der Waals surface area (Å²) in [6, 6.07) is 0. The van der Waals surface area contributed by atoms with Crippen LogP contribution in [-0.4, -0.2) is 6.36 Å². The SMILES string of the molecule is CC1(C)C(C=C(Cl)Cl)C1Cc1c(F)c(Cl)c(F)c(OC(F)(F)F)c1F. The lowest BCUT2D eigenvalue weighted by molar-refractivity contribution is -0.276. The van der Waals surface area contributed by atoms with Crippen molar-refractivity contribution in [2.45, 2.75) is 26.6 Å². The molecule has 1 nitrogen and oxygen atoms in total. The van der Waals surface area contributed by atoms with Crippen LogP contribution in [0.25, 0.3) is 0 Å². The van der Waals surface area contributed by atoms with Gasteiger partial charge in [-0.3, -0.25) is 0 Å². The highest BCUT2D eigenvalue weighted by Crippen LogP contribution is 2.61. The first-order valence-electron chi connectivity index (χ1n) is 6.90. The molecule has 1 aliphatic rings. The van der Waals surface area contributed by atoms with Gasteiger partial charge in [0.2, 0.25) is 5.75 Å². The lowest BCUT2D eigenvalue weighted by Crippen LogP contribution is -2.20. The van der Waals surface area contributed by atoms with E-state index in [-0.39, 0.29) is 22.7 Å². The maximum Gasteiger partial charge on any atom is 0.573 e. The van der Waals surface area contributed by atoms with Crippen LogP contribution in [0.1, 0.15) is 19.4 Å². The standard InChI is InChI=1S/C15H11Cl3F6O/c1-14(2)6(7(14)4-8(16)17)3-5-10(19)9(18)12(21)13(11(5)20)25-15(22,23)24/h4,6-7H,3H2,1-2H3. The second kappa shape index (κ2) is 6.74. The Kier molecular flexibility index (Phi) is 5.53. The van der Waals surface area contributed by atoms with Gasteiger partial charge in [0.25, 0.3) is 0 Å². The summed E-state index contributed by atoms with van der Waals surface area (Å²) < 4.78 is 82.5. The van der Waals surface area contributed by atoms with Crippen LogP contribution in [0.3, 0.4) is 0 Å². The molecule has 10 heteroatoms. The molecule has 0 aromatic heterocycles. The number of allylic oxidation sites excluding steroid dienone is 1. The minimum atomic E-state index is -5.36. The lowest BCUT2D eigenvalue weighted by atomic mass is 10.0. The Morgan fingerprint density at radius 3 is 2.16 bits per heavy atom. The van der Waals surface area contributed by atoms with Crippen LogP contribution >= 0.6 is 34.8 Å². The maximum atomic E-state index is 14.3. The molecule has 25 heavy (non-hydrogen) atoms. The van der Waals surface area contributed by atoms with E-state index in [2.05, 4.69) is 4.74 Å². The summed E-state index contributed by atoms with van der Waals surface area (Å²) in [5.74, 6) is -7.62. The quantitative estimate of drug-likeness (QED) is 0.292. The van der Waals surface area contributed by atoms with Gasteiger partial charge in [0, 0.05) is 5.56 Å². The molecule has 140 valence electrons. The normalized spacial score (nSPS) is 21.9. The summed E-state index contributed by atoms with van der Waals surface area (Å²) in [6.45, 7) is 3.53. The Morgan fingerprint density at radius 1 is 1.12 bits per heavy atom. The van der Waals surface area contributed by atoms with Crippen LogP contribution in [0.4, 0.5) is 26.3 Å². The molecule has 0 amide bonds. The van der Waals surface area contributed by atoms with Crippen molar-refractivity contribution in [1.29, 1.82) is 0 Å². The van der Waals surface area contributed by atoms with E-state index < -0.39 is 45.6 Å². The number of benzene rings is 1. The molecule has 0 heterocycles. The van der Waals surface area contributed by atoms with E-state index >= 15 is 0 Å². The van der Waals surface area contributed by atoms with E-state index in [1.807, 2.05) is 0 Å². The maximum absolute atomic E-state index is 14.3. The van der Waals surface area contributed by atoms with E-state index in [0.717, 1.165) is 0 Å². The molecule has 2 rings (SSSR count). The Labute approximate surface area is 154 Å². The van der Waals surface area contributed by atoms with Gasteiger partial charge in [-0.15, -0.1) is 13.2 Å². The van der Waals surface area contributed by atoms with Crippen LogP contribution in [-0.2, 0) is 6.42 Å². The molecule has 0 spiro atoms. The predicted octanol–water partition coefficient (Wildman–Crippen LogP) is 6.79. The minimum absolute atomic E-state index is 0.0419. The molecule has 2 atom stereocenters. The molecule has 1 aromatic carbocycles. The third-order valence-corrected chi connectivity index (χ3v) is 4.98. The zero-order valence-corrected chi connectivity index (χ0v) is 15.0. The Bertz CT molecular complexity index is 725. The van der Waals surface area contributed by atoms with E-state index in [0.29, 0.717) is 0 Å². The Morgan fingerprint density at radius 2 is 1.68 bits per heavy atom. The molecule has 0 radical (unpaired) electrons. The summed E-state index contributed by atoms with van der Waals surface area (Å²) in [4.78, 5) is 0. The Hall–Kier alpha value is -0.790. The second-order valence-corrected chi connectivity index (χ2v) is 7.61. The highest BCUT2D eigenvalue weighted by atomic mass is 35.5. The molecule has 1 saturated carbocycles. The van der Waals surface area contributed by atoms with Crippen molar-refractivity contribution < 1.29 is 31.1 Å². The number of halogens is 9. The molecule has 0 N–H and O–H groups in total.